The topological polar surface area (TPSA) is 71.1 Å². The first-order valence-corrected chi connectivity index (χ1v) is 15.6. The van der Waals surface area contributed by atoms with Crippen LogP contribution in [0.1, 0.15) is 35.1 Å². The Morgan fingerprint density at radius 3 is 1.58 bits per heavy atom. The smallest absolute Gasteiger partial charge is 0.194 e. The van der Waals surface area contributed by atoms with Crippen molar-refractivity contribution in [1.29, 1.82) is 0 Å². The molecule has 0 aliphatic rings. The minimum Gasteiger partial charge on any atom is -0.493 e. The number of carbonyl (C=O) groups is 2. The van der Waals surface area contributed by atoms with Crippen LogP contribution < -0.4 is 14.2 Å². The van der Waals surface area contributed by atoms with Gasteiger partial charge in [0.15, 0.2) is 40.0 Å². The highest BCUT2D eigenvalue weighted by molar-refractivity contribution is 8.13. The number of hydrogen-bond donors (Lipinski definition) is 0. The molecule has 0 bridgehead atoms. The number of thioether (sulfide) groups is 2. The van der Waals surface area contributed by atoms with Gasteiger partial charge in [0, 0.05) is 29.7 Å². The third-order valence-electron chi connectivity index (χ3n) is 6.53. The van der Waals surface area contributed by atoms with Crippen LogP contribution in [0.2, 0.25) is 0 Å². The average molecular weight is 617 g/mol. The highest BCUT2D eigenvalue weighted by Crippen LogP contribution is 2.38. The maximum Gasteiger partial charge on any atom is 0.194 e. The normalized spacial score (nSPS) is 10.8. The first kappa shape index (κ1) is 32.2. The summed E-state index contributed by atoms with van der Waals surface area (Å²) in [5, 5.41) is 0.203. The molecule has 0 unspecified atom stereocenters. The number of benzene rings is 4. The Morgan fingerprint density at radius 1 is 0.605 bits per heavy atom. The molecule has 0 heterocycles. The first-order valence-electron chi connectivity index (χ1n) is 14.0. The fraction of sp³-hybridized carbons (Fsp3) is 0.257. The minimum absolute atomic E-state index is 0.0616. The molecule has 0 spiro atoms. The largest absolute Gasteiger partial charge is 0.493 e. The number of carbonyl (C=O) groups excluding carboxylic acids is 2. The van der Waals surface area contributed by atoms with Crippen molar-refractivity contribution < 1.29 is 28.5 Å². The summed E-state index contributed by atoms with van der Waals surface area (Å²) < 4.78 is 22.8. The zero-order valence-electron chi connectivity index (χ0n) is 24.9. The molecule has 0 N–H and O–H groups in total. The number of hydrogen-bond acceptors (Lipinski definition) is 8. The molecule has 0 atom stereocenters. The van der Waals surface area contributed by atoms with E-state index in [9.17, 15) is 9.59 Å². The van der Waals surface area contributed by atoms with Crippen LogP contribution in [0.15, 0.2) is 94.7 Å². The summed E-state index contributed by atoms with van der Waals surface area (Å²) in [4.78, 5) is 27.1. The van der Waals surface area contributed by atoms with Crippen molar-refractivity contribution in [2.24, 2.45) is 0 Å². The molecule has 4 aromatic rings. The zero-order chi connectivity index (χ0) is 30.6. The number of methoxy groups -OCH3 is 2. The third kappa shape index (κ3) is 10.2. The summed E-state index contributed by atoms with van der Waals surface area (Å²) in [6.07, 6.45) is 1.93. The summed E-state index contributed by atoms with van der Waals surface area (Å²) in [7, 11) is 3.14. The van der Waals surface area contributed by atoms with Gasteiger partial charge in [-0.3, -0.25) is 9.59 Å². The molecule has 0 fully saturated rings. The van der Waals surface area contributed by atoms with E-state index in [4.69, 9.17) is 18.9 Å². The number of rotatable bonds is 14. The van der Waals surface area contributed by atoms with Crippen LogP contribution >= 0.6 is 23.5 Å². The average Bonchev–Trinajstić information content (AvgIpc) is 3.01. The van der Waals surface area contributed by atoms with Gasteiger partial charge < -0.3 is 18.9 Å². The van der Waals surface area contributed by atoms with E-state index in [0.717, 1.165) is 26.5 Å². The lowest BCUT2D eigenvalue weighted by atomic mass is 10.1. The van der Waals surface area contributed by atoms with Crippen molar-refractivity contribution in [1.82, 2.24) is 0 Å². The van der Waals surface area contributed by atoms with Gasteiger partial charge in [-0.05, 0) is 86.3 Å². The van der Waals surface area contributed by atoms with Gasteiger partial charge in [0.1, 0.15) is 0 Å². The van der Waals surface area contributed by atoms with Crippen LogP contribution in [0.3, 0.4) is 0 Å². The van der Waals surface area contributed by atoms with Crippen LogP contribution in [0.25, 0.3) is 0 Å². The maximum atomic E-state index is 12.6. The number of aryl methyl sites for hydroxylation is 4. The molecule has 224 valence electrons. The Labute approximate surface area is 262 Å². The Bertz CT molecular complexity index is 1520. The van der Waals surface area contributed by atoms with Crippen LogP contribution in [0.4, 0.5) is 0 Å². The van der Waals surface area contributed by atoms with Crippen molar-refractivity contribution in [2.75, 3.05) is 21.0 Å². The first-order chi connectivity index (χ1) is 20.8. The van der Waals surface area contributed by atoms with Crippen LogP contribution in [0.5, 0.6) is 23.0 Å². The highest BCUT2D eigenvalue weighted by atomic mass is 32.2. The Morgan fingerprint density at radius 2 is 1.09 bits per heavy atom. The van der Waals surface area contributed by atoms with Gasteiger partial charge in [0.2, 0.25) is 0 Å². The Hall–Kier alpha value is -3.72. The van der Waals surface area contributed by atoms with E-state index >= 15 is 0 Å². The fourth-order valence-electron chi connectivity index (χ4n) is 4.17. The zero-order valence-corrected chi connectivity index (χ0v) is 26.5. The highest BCUT2D eigenvalue weighted by Gasteiger charge is 2.15. The van der Waals surface area contributed by atoms with Crippen molar-refractivity contribution in [2.45, 2.75) is 49.3 Å². The van der Waals surface area contributed by atoms with Crippen molar-refractivity contribution in [3.05, 3.63) is 107 Å². The second-order valence-electron chi connectivity index (χ2n) is 9.99. The Kier molecular flexibility index (Phi) is 12.1. The molecule has 4 rings (SSSR count). The van der Waals surface area contributed by atoms with E-state index < -0.39 is 0 Å². The van der Waals surface area contributed by atoms with Crippen LogP contribution in [-0.4, -0.2) is 31.2 Å². The van der Waals surface area contributed by atoms with E-state index in [1.54, 1.807) is 14.2 Å². The summed E-state index contributed by atoms with van der Waals surface area (Å²) in [5.74, 6) is 2.06. The van der Waals surface area contributed by atoms with Gasteiger partial charge in [-0.25, -0.2) is 0 Å². The summed E-state index contributed by atoms with van der Waals surface area (Å²) in [5.41, 5.74) is 4.24. The molecule has 0 saturated carbocycles. The lowest BCUT2D eigenvalue weighted by Gasteiger charge is -2.16. The fourth-order valence-corrected chi connectivity index (χ4v) is 5.65. The van der Waals surface area contributed by atoms with E-state index in [-0.39, 0.29) is 17.0 Å². The molecule has 0 aliphatic carbocycles. The van der Waals surface area contributed by atoms with Gasteiger partial charge in [-0.2, -0.15) is 0 Å². The predicted molar refractivity (Wildman–Crippen MR) is 173 cm³/mol. The van der Waals surface area contributed by atoms with E-state index in [2.05, 4.69) is 0 Å². The molecular formula is C35H36O6S2. The molecule has 0 amide bonds. The molecule has 0 aromatic heterocycles. The quantitative estimate of drug-likeness (QED) is 0.103. The van der Waals surface area contributed by atoms with Gasteiger partial charge in [0.25, 0.3) is 0 Å². The lowest BCUT2D eigenvalue weighted by molar-refractivity contribution is -0.111. The van der Waals surface area contributed by atoms with Crippen molar-refractivity contribution in [3.8, 4) is 23.0 Å². The van der Waals surface area contributed by atoms with Gasteiger partial charge in [-0.1, -0.05) is 71.0 Å². The monoisotopic (exact) mass is 616 g/mol. The minimum atomic E-state index is 0.0616. The molecule has 0 radical (unpaired) electrons. The molecule has 6 nitrogen and oxygen atoms in total. The molecular weight excluding hydrogens is 581 g/mol. The van der Waals surface area contributed by atoms with Gasteiger partial charge >= 0.3 is 0 Å². The summed E-state index contributed by atoms with van der Waals surface area (Å²) >= 11 is 2.52. The Balaban J connectivity index is 1.41. The maximum absolute atomic E-state index is 12.6. The van der Waals surface area contributed by atoms with Crippen LogP contribution in [-0.2, 0) is 27.2 Å². The number of ether oxygens (including phenoxy) is 4. The molecule has 8 heteroatoms. The van der Waals surface area contributed by atoms with Gasteiger partial charge in [0.05, 0.1) is 7.11 Å². The third-order valence-corrected chi connectivity index (χ3v) is 8.41. The summed E-state index contributed by atoms with van der Waals surface area (Å²) in [6.45, 7) is 4.11. The molecule has 4 aromatic carbocycles. The SMILES string of the molecule is COCOc1ccc(CCC(=O)Sc2ccc(C)cc2)cc1Oc1ccc(CCC(=O)Sc2ccc(C)cc2)cc1OC. The van der Waals surface area contributed by atoms with Gasteiger partial charge in [-0.15, -0.1) is 0 Å². The standard InChI is InChI=1S/C35H36O6S2/c1-24-5-13-28(14-6-24)42-34(36)19-11-26-10-18-31(32(21-26)39-4)41-33-22-27(9-17-30(33)40-23-38-3)12-20-35(37)43-29-15-7-25(2)8-16-29/h5-10,13-18,21-22H,11-12,19-20,23H2,1-4H3. The van der Waals surface area contributed by atoms with E-state index in [0.29, 0.717) is 48.7 Å². The lowest BCUT2D eigenvalue weighted by Crippen LogP contribution is -2.02. The van der Waals surface area contributed by atoms with Crippen molar-refractivity contribution >= 4 is 33.8 Å². The second kappa shape index (κ2) is 16.2. The second-order valence-corrected chi connectivity index (χ2v) is 12.3. The molecule has 0 saturated heterocycles. The molecule has 43 heavy (non-hydrogen) atoms. The summed E-state index contributed by atoms with van der Waals surface area (Å²) in [6, 6.07) is 27.2. The van der Waals surface area contributed by atoms with Crippen molar-refractivity contribution in [3.63, 3.8) is 0 Å². The van der Waals surface area contributed by atoms with Crippen LogP contribution in [0, 0.1) is 13.8 Å². The van der Waals surface area contributed by atoms with E-state index in [1.165, 1.54) is 29.1 Å². The molecule has 0 aliphatic heterocycles. The predicted octanol–water partition coefficient (Wildman–Crippen LogP) is 8.59. The van der Waals surface area contributed by atoms with E-state index in [1.807, 2.05) is 98.8 Å².